The molecule has 0 radical (unpaired) electrons. The van der Waals surface area contributed by atoms with E-state index in [1.165, 1.54) is 6.07 Å². The molecule has 2 amide bonds. The normalized spacial score (nSPS) is 10.4. The molecule has 0 saturated carbocycles. The largest absolute Gasteiger partial charge is 0.497 e. The summed E-state index contributed by atoms with van der Waals surface area (Å²) in [5.74, 6) is -0.575. The minimum Gasteiger partial charge on any atom is -0.497 e. The number of benzene rings is 2. The van der Waals surface area contributed by atoms with Gasteiger partial charge in [-0.25, -0.2) is 4.79 Å². The smallest absolute Gasteiger partial charge is 0.341 e. The van der Waals surface area contributed by atoms with Crippen LogP contribution in [0.2, 0.25) is 10.0 Å². The number of esters is 1. The van der Waals surface area contributed by atoms with Crippen LogP contribution in [0.1, 0.15) is 32.5 Å². The molecule has 2 aromatic carbocycles. The van der Waals surface area contributed by atoms with Crippen LogP contribution in [-0.2, 0) is 9.53 Å². The number of carbonyl (C=O) groups is 3. The molecule has 0 aliphatic rings. The predicted octanol–water partition coefficient (Wildman–Crippen LogP) is 5.82. The molecule has 184 valence electrons. The van der Waals surface area contributed by atoms with E-state index in [0.29, 0.717) is 32.8 Å². The summed E-state index contributed by atoms with van der Waals surface area (Å²) in [4.78, 5) is 38.4. The molecule has 35 heavy (non-hydrogen) atoms. The van der Waals surface area contributed by atoms with Crippen molar-refractivity contribution < 1.29 is 28.6 Å². The number of thiophene rings is 1. The third kappa shape index (κ3) is 6.66. The minimum atomic E-state index is -0.660. The molecule has 0 unspecified atom stereocenters. The molecule has 1 heterocycles. The van der Waals surface area contributed by atoms with Crippen molar-refractivity contribution in [1.82, 2.24) is 0 Å². The van der Waals surface area contributed by atoms with Crippen molar-refractivity contribution in [1.29, 1.82) is 0 Å². The Bertz CT molecular complexity index is 1240. The first-order valence-electron chi connectivity index (χ1n) is 10.4. The van der Waals surface area contributed by atoms with Gasteiger partial charge in [0, 0.05) is 5.02 Å². The van der Waals surface area contributed by atoms with Gasteiger partial charge in [0.25, 0.3) is 11.8 Å². The SMILES string of the molecule is CCOC(=O)c1c(NC(=O)COc2ccc(OC)cc2)sc(C(=O)Nc2cc(Cl)ccc2Cl)c1C. The number of rotatable bonds is 9. The Morgan fingerprint density at radius 2 is 1.69 bits per heavy atom. The summed E-state index contributed by atoms with van der Waals surface area (Å²) < 4.78 is 15.7. The highest BCUT2D eigenvalue weighted by Crippen LogP contribution is 2.35. The van der Waals surface area contributed by atoms with Gasteiger partial charge < -0.3 is 24.8 Å². The Labute approximate surface area is 216 Å². The van der Waals surface area contributed by atoms with Crippen molar-refractivity contribution in [2.24, 2.45) is 0 Å². The summed E-state index contributed by atoms with van der Waals surface area (Å²) in [6.45, 7) is 3.07. The number of hydrogen-bond donors (Lipinski definition) is 2. The molecule has 0 aliphatic carbocycles. The van der Waals surface area contributed by atoms with E-state index in [9.17, 15) is 14.4 Å². The van der Waals surface area contributed by atoms with E-state index in [-0.39, 0.29) is 28.7 Å². The average Bonchev–Trinajstić information content (AvgIpc) is 3.16. The van der Waals surface area contributed by atoms with Crippen molar-refractivity contribution in [3.05, 3.63) is 68.5 Å². The zero-order valence-corrected chi connectivity index (χ0v) is 21.4. The number of anilines is 2. The van der Waals surface area contributed by atoms with Gasteiger partial charge in [-0.3, -0.25) is 9.59 Å². The topological polar surface area (TPSA) is 103 Å². The quantitative estimate of drug-likeness (QED) is 0.334. The Balaban J connectivity index is 1.80. The fraction of sp³-hybridized carbons (Fsp3) is 0.208. The monoisotopic (exact) mass is 536 g/mol. The lowest BCUT2D eigenvalue weighted by Gasteiger charge is -2.09. The van der Waals surface area contributed by atoms with E-state index in [2.05, 4.69) is 10.6 Å². The first-order chi connectivity index (χ1) is 16.7. The standard InChI is InChI=1S/C24H22Cl2N2O6S/c1-4-33-24(31)20-13(2)21(22(30)27-18-11-14(25)5-10-17(18)26)35-23(20)28-19(29)12-34-16-8-6-15(32-3)7-9-16/h5-11H,4,12H2,1-3H3,(H,27,30)(H,28,29). The lowest BCUT2D eigenvalue weighted by molar-refractivity contribution is -0.118. The van der Waals surface area contributed by atoms with Gasteiger partial charge in [0.1, 0.15) is 16.5 Å². The van der Waals surface area contributed by atoms with Gasteiger partial charge in [0.2, 0.25) is 0 Å². The molecule has 3 rings (SSSR count). The zero-order valence-electron chi connectivity index (χ0n) is 19.1. The number of ether oxygens (including phenoxy) is 3. The number of halogens is 2. The van der Waals surface area contributed by atoms with E-state index >= 15 is 0 Å². The Hall–Kier alpha value is -3.27. The molecule has 11 heteroatoms. The molecular weight excluding hydrogens is 515 g/mol. The molecule has 0 aliphatic heterocycles. The van der Waals surface area contributed by atoms with Crippen molar-refractivity contribution in [3.63, 3.8) is 0 Å². The first-order valence-corrected chi connectivity index (χ1v) is 11.9. The average molecular weight is 537 g/mol. The van der Waals surface area contributed by atoms with E-state index in [1.807, 2.05) is 0 Å². The third-order valence-electron chi connectivity index (χ3n) is 4.69. The minimum absolute atomic E-state index is 0.0944. The molecule has 0 bridgehead atoms. The van der Waals surface area contributed by atoms with Gasteiger partial charge in [-0.15, -0.1) is 11.3 Å². The second-order valence-electron chi connectivity index (χ2n) is 7.07. The van der Waals surface area contributed by atoms with Crippen LogP contribution in [0.4, 0.5) is 10.7 Å². The summed E-state index contributed by atoms with van der Waals surface area (Å²) in [6, 6.07) is 11.4. The van der Waals surface area contributed by atoms with Gasteiger partial charge in [-0.1, -0.05) is 23.2 Å². The third-order valence-corrected chi connectivity index (χ3v) is 6.46. The van der Waals surface area contributed by atoms with Crippen molar-refractivity contribution in [2.75, 3.05) is 31.0 Å². The van der Waals surface area contributed by atoms with Crippen LogP contribution in [0.15, 0.2) is 42.5 Å². The lowest BCUT2D eigenvalue weighted by atomic mass is 10.1. The number of nitrogens with one attached hydrogen (secondary N) is 2. The number of carbonyl (C=O) groups excluding carboxylic acids is 3. The van der Waals surface area contributed by atoms with E-state index < -0.39 is 17.8 Å². The molecule has 8 nitrogen and oxygen atoms in total. The van der Waals surface area contributed by atoms with Crippen LogP contribution in [0.25, 0.3) is 0 Å². The van der Waals surface area contributed by atoms with Gasteiger partial charge in [0.05, 0.1) is 34.9 Å². The second kappa shape index (κ2) is 11.9. The van der Waals surface area contributed by atoms with Gasteiger partial charge in [-0.05, 0) is 61.9 Å². The molecule has 0 saturated heterocycles. The fourth-order valence-corrected chi connectivity index (χ4v) is 4.47. The van der Waals surface area contributed by atoms with Crippen LogP contribution in [-0.4, -0.2) is 38.1 Å². The van der Waals surface area contributed by atoms with Crippen LogP contribution in [0.3, 0.4) is 0 Å². The highest BCUT2D eigenvalue weighted by atomic mass is 35.5. The zero-order chi connectivity index (χ0) is 25.5. The Kier molecular flexibility index (Phi) is 8.97. The van der Waals surface area contributed by atoms with Gasteiger partial charge in [0.15, 0.2) is 6.61 Å². The Morgan fingerprint density at radius 3 is 2.34 bits per heavy atom. The maximum atomic E-state index is 13.0. The molecule has 1 aromatic heterocycles. The van der Waals surface area contributed by atoms with Gasteiger partial charge >= 0.3 is 5.97 Å². The summed E-state index contributed by atoms with van der Waals surface area (Å²) >= 11 is 13.1. The number of hydrogen-bond acceptors (Lipinski definition) is 7. The summed E-state index contributed by atoms with van der Waals surface area (Å²) in [5.41, 5.74) is 0.764. The number of amides is 2. The van der Waals surface area contributed by atoms with Gasteiger partial charge in [-0.2, -0.15) is 0 Å². The Morgan fingerprint density at radius 1 is 1.00 bits per heavy atom. The maximum absolute atomic E-state index is 13.0. The highest BCUT2D eigenvalue weighted by molar-refractivity contribution is 7.19. The van der Waals surface area contributed by atoms with E-state index in [4.69, 9.17) is 37.4 Å². The first kappa shape index (κ1) is 26.3. The molecule has 0 atom stereocenters. The summed E-state index contributed by atoms with van der Waals surface area (Å²) in [7, 11) is 1.55. The van der Waals surface area contributed by atoms with Crippen LogP contribution in [0.5, 0.6) is 11.5 Å². The molecule has 0 spiro atoms. The molecular formula is C24H22Cl2N2O6S. The van der Waals surface area contributed by atoms with Crippen molar-refractivity contribution in [3.8, 4) is 11.5 Å². The van der Waals surface area contributed by atoms with Crippen LogP contribution >= 0.6 is 34.5 Å². The van der Waals surface area contributed by atoms with Crippen molar-refractivity contribution >= 4 is 63.0 Å². The molecule has 3 aromatic rings. The fourth-order valence-electron chi connectivity index (χ4n) is 3.02. The highest BCUT2D eigenvalue weighted by Gasteiger charge is 2.27. The van der Waals surface area contributed by atoms with E-state index in [1.54, 1.807) is 57.4 Å². The maximum Gasteiger partial charge on any atom is 0.341 e. The summed E-state index contributed by atoms with van der Waals surface area (Å²) in [5, 5.41) is 6.19. The molecule has 2 N–H and O–H groups in total. The molecule has 0 fully saturated rings. The van der Waals surface area contributed by atoms with Crippen LogP contribution < -0.4 is 20.1 Å². The lowest BCUT2D eigenvalue weighted by Crippen LogP contribution is -2.21. The summed E-state index contributed by atoms with van der Waals surface area (Å²) in [6.07, 6.45) is 0. The van der Waals surface area contributed by atoms with Crippen molar-refractivity contribution in [2.45, 2.75) is 13.8 Å². The van der Waals surface area contributed by atoms with E-state index in [0.717, 1.165) is 11.3 Å². The van der Waals surface area contributed by atoms with Crippen LogP contribution in [0, 0.1) is 6.92 Å². The second-order valence-corrected chi connectivity index (χ2v) is 8.94. The predicted molar refractivity (Wildman–Crippen MR) is 137 cm³/mol. The number of methoxy groups -OCH3 is 1.